The normalized spacial score (nSPS) is 11.2. The Kier molecular flexibility index (Phi) is 3.34. The monoisotopic (exact) mass is 179 g/mol. The Morgan fingerprint density at radius 3 is 2.46 bits per heavy atom. The molecule has 0 aliphatic rings. The molecule has 0 amide bonds. The highest BCUT2D eigenvalue weighted by atomic mass is 15.1. The van der Waals surface area contributed by atoms with Crippen molar-refractivity contribution < 1.29 is 0 Å². The van der Waals surface area contributed by atoms with Crippen LogP contribution in [0.2, 0.25) is 0 Å². The standard InChI is InChI=1S/C10H17N3/c1-7(2)5-9-6-11-13-10(12-9)8(3)4/h6-8H,5H2,1-4H3. The summed E-state index contributed by atoms with van der Waals surface area (Å²) >= 11 is 0. The van der Waals surface area contributed by atoms with Crippen molar-refractivity contribution in [1.82, 2.24) is 15.2 Å². The first-order valence-corrected chi connectivity index (χ1v) is 4.78. The maximum atomic E-state index is 4.44. The van der Waals surface area contributed by atoms with Gasteiger partial charge in [0.2, 0.25) is 0 Å². The molecule has 13 heavy (non-hydrogen) atoms. The third-order valence-electron chi connectivity index (χ3n) is 1.76. The van der Waals surface area contributed by atoms with Crippen molar-refractivity contribution in [3.8, 4) is 0 Å². The molecule has 3 heteroatoms. The third-order valence-corrected chi connectivity index (χ3v) is 1.76. The zero-order valence-corrected chi connectivity index (χ0v) is 8.78. The summed E-state index contributed by atoms with van der Waals surface area (Å²) in [6, 6.07) is 0. The number of hydrogen-bond donors (Lipinski definition) is 0. The molecule has 3 nitrogen and oxygen atoms in total. The second-order valence-corrected chi connectivity index (χ2v) is 4.06. The highest BCUT2D eigenvalue weighted by Gasteiger charge is 2.05. The fourth-order valence-corrected chi connectivity index (χ4v) is 1.11. The van der Waals surface area contributed by atoms with Gasteiger partial charge in [-0.25, -0.2) is 4.98 Å². The summed E-state index contributed by atoms with van der Waals surface area (Å²) < 4.78 is 0. The highest BCUT2D eigenvalue weighted by molar-refractivity contribution is 4.99. The molecule has 0 bridgehead atoms. The van der Waals surface area contributed by atoms with Gasteiger partial charge in [0.25, 0.3) is 0 Å². The average molecular weight is 179 g/mol. The molecule has 0 radical (unpaired) electrons. The molecule has 1 heterocycles. The van der Waals surface area contributed by atoms with E-state index in [1.807, 2.05) is 0 Å². The van der Waals surface area contributed by atoms with Gasteiger partial charge in [-0.05, 0) is 12.3 Å². The first kappa shape index (κ1) is 10.1. The molecule has 0 N–H and O–H groups in total. The average Bonchev–Trinajstić information content (AvgIpc) is 2.03. The van der Waals surface area contributed by atoms with Crippen LogP contribution in [0, 0.1) is 5.92 Å². The van der Waals surface area contributed by atoms with Crippen molar-refractivity contribution in [2.75, 3.05) is 0 Å². The van der Waals surface area contributed by atoms with Gasteiger partial charge in [0.05, 0.1) is 11.9 Å². The fraction of sp³-hybridized carbons (Fsp3) is 0.700. The van der Waals surface area contributed by atoms with Crippen LogP contribution in [0.4, 0.5) is 0 Å². The number of rotatable bonds is 3. The van der Waals surface area contributed by atoms with Crippen molar-refractivity contribution in [2.45, 2.75) is 40.0 Å². The number of hydrogen-bond acceptors (Lipinski definition) is 3. The molecule has 0 aliphatic carbocycles. The van der Waals surface area contributed by atoms with E-state index in [0.717, 1.165) is 17.9 Å². The SMILES string of the molecule is CC(C)Cc1cnnc(C(C)C)n1. The summed E-state index contributed by atoms with van der Waals surface area (Å²) in [6.45, 7) is 8.51. The fourth-order valence-electron chi connectivity index (χ4n) is 1.11. The van der Waals surface area contributed by atoms with Gasteiger partial charge in [0.15, 0.2) is 5.82 Å². The van der Waals surface area contributed by atoms with Crippen molar-refractivity contribution in [1.29, 1.82) is 0 Å². The van der Waals surface area contributed by atoms with Crippen LogP contribution < -0.4 is 0 Å². The van der Waals surface area contributed by atoms with Crippen LogP contribution >= 0.6 is 0 Å². The number of nitrogens with zero attached hydrogens (tertiary/aromatic N) is 3. The Morgan fingerprint density at radius 2 is 1.92 bits per heavy atom. The van der Waals surface area contributed by atoms with E-state index in [4.69, 9.17) is 0 Å². The van der Waals surface area contributed by atoms with E-state index in [-0.39, 0.29) is 0 Å². The van der Waals surface area contributed by atoms with Gasteiger partial charge in [-0.1, -0.05) is 27.7 Å². The van der Waals surface area contributed by atoms with Crippen LogP contribution in [-0.4, -0.2) is 15.2 Å². The van der Waals surface area contributed by atoms with E-state index >= 15 is 0 Å². The second-order valence-electron chi connectivity index (χ2n) is 4.06. The summed E-state index contributed by atoms with van der Waals surface area (Å²) in [7, 11) is 0. The summed E-state index contributed by atoms with van der Waals surface area (Å²) in [5, 5.41) is 7.93. The Hall–Kier alpha value is -0.990. The Morgan fingerprint density at radius 1 is 1.23 bits per heavy atom. The van der Waals surface area contributed by atoms with Gasteiger partial charge < -0.3 is 0 Å². The molecule has 0 atom stereocenters. The minimum Gasteiger partial charge on any atom is -0.234 e. The molecular formula is C10H17N3. The van der Waals surface area contributed by atoms with E-state index in [1.165, 1.54) is 0 Å². The Balaban J connectivity index is 2.79. The lowest BCUT2D eigenvalue weighted by Gasteiger charge is -2.06. The summed E-state index contributed by atoms with van der Waals surface area (Å²) in [5.41, 5.74) is 1.05. The van der Waals surface area contributed by atoms with Crippen molar-refractivity contribution in [2.24, 2.45) is 5.92 Å². The topological polar surface area (TPSA) is 38.7 Å². The zero-order valence-electron chi connectivity index (χ0n) is 8.78. The number of aromatic nitrogens is 3. The highest BCUT2D eigenvalue weighted by Crippen LogP contribution is 2.09. The quantitative estimate of drug-likeness (QED) is 0.714. The molecule has 0 fully saturated rings. The molecule has 0 aromatic carbocycles. The lowest BCUT2D eigenvalue weighted by molar-refractivity contribution is 0.616. The molecule has 0 saturated carbocycles. The maximum absolute atomic E-state index is 4.44. The smallest absolute Gasteiger partial charge is 0.153 e. The molecule has 1 rings (SSSR count). The molecule has 0 saturated heterocycles. The van der Waals surface area contributed by atoms with Gasteiger partial charge in [-0.3, -0.25) is 0 Å². The van der Waals surface area contributed by atoms with Gasteiger partial charge in [0.1, 0.15) is 0 Å². The van der Waals surface area contributed by atoms with Crippen LogP contribution in [0.1, 0.15) is 45.1 Å². The Bertz CT molecular complexity index is 269. The third kappa shape index (κ3) is 3.09. The van der Waals surface area contributed by atoms with E-state index in [9.17, 15) is 0 Å². The first-order valence-electron chi connectivity index (χ1n) is 4.78. The van der Waals surface area contributed by atoms with Gasteiger partial charge >= 0.3 is 0 Å². The van der Waals surface area contributed by atoms with Crippen molar-refractivity contribution in [3.63, 3.8) is 0 Å². The van der Waals surface area contributed by atoms with Gasteiger partial charge in [-0.15, -0.1) is 5.10 Å². The minimum atomic E-state index is 0.361. The maximum Gasteiger partial charge on any atom is 0.153 e. The minimum absolute atomic E-state index is 0.361. The molecule has 1 aromatic rings. The van der Waals surface area contributed by atoms with Crippen LogP contribution in [-0.2, 0) is 6.42 Å². The molecule has 0 unspecified atom stereocenters. The van der Waals surface area contributed by atoms with Crippen LogP contribution in [0.5, 0.6) is 0 Å². The summed E-state index contributed by atoms with van der Waals surface area (Å²) in [5.74, 6) is 1.83. The lowest BCUT2D eigenvalue weighted by atomic mass is 10.1. The van der Waals surface area contributed by atoms with Crippen molar-refractivity contribution >= 4 is 0 Å². The predicted octanol–water partition coefficient (Wildman–Crippen LogP) is 2.19. The molecule has 1 aromatic heterocycles. The van der Waals surface area contributed by atoms with Gasteiger partial charge in [-0.2, -0.15) is 5.10 Å². The summed E-state index contributed by atoms with van der Waals surface area (Å²) in [6.07, 6.45) is 2.74. The molecule has 0 spiro atoms. The van der Waals surface area contributed by atoms with Crippen LogP contribution in [0.3, 0.4) is 0 Å². The largest absolute Gasteiger partial charge is 0.234 e. The van der Waals surface area contributed by atoms with E-state index in [1.54, 1.807) is 6.20 Å². The molecular weight excluding hydrogens is 162 g/mol. The zero-order chi connectivity index (χ0) is 9.84. The lowest BCUT2D eigenvalue weighted by Crippen LogP contribution is -2.05. The van der Waals surface area contributed by atoms with E-state index < -0.39 is 0 Å². The van der Waals surface area contributed by atoms with Gasteiger partial charge in [0, 0.05) is 5.92 Å². The van der Waals surface area contributed by atoms with E-state index in [2.05, 4.69) is 42.9 Å². The molecule has 72 valence electrons. The van der Waals surface area contributed by atoms with Crippen LogP contribution in [0.25, 0.3) is 0 Å². The van der Waals surface area contributed by atoms with Crippen LogP contribution in [0.15, 0.2) is 6.20 Å². The predicted molar refractivity (Wildman–Crippen MR) is 52.5 cm³/mol. The van der Waals surface area contributed by atoms with E-state index in [0.29, 0.717) is 11.8 Å². The Labute approximate surface area is 79.6 Å². The summed E-state index contributed by atoms with van der Waals surface area (Å²) in [4.78, 5) is 4.44. The molecule has 0 aliphatic heterocycles. The first-order chi connectivity index (χ1) is 6.09. The second kappa shape index (κ2) is 4.30. The van der Waals surface area contributed by atoms with Crippen molar-refractivity contribution in [3.05, 3.63) is 17.7 Å².